The van der Waals surface area contributed by atoms with Crippen LogP contribution in [0.3, 0.4) is 0 Å². The molecule has 2 aromatic carbocycles. The predicted octanol–water partition coefficient (Wildman–Crippen LogP) is 6.29. The van der Waals surface area contributed by atoms with Gasteiger partial charge in [0.1, 0.15) is 0 Å². The van der Waals surface area contributed by atoms with Crippen LogP contribution >= 0.6 is 12.6 Å². The quantitative estimate of drug-likeness (QED) is 0.418. The molecule has 18 heavy (non-hydrogen) atoms. The van der Waals surface area contributed by atoms with Gasteiger partial charge in [-0.05, 0) is 29.8 Å². The fourth-order valence-corrected chi connectivity index (χ4v) is 1.57. The Morgan fingerprint density at radius 3 is 1.78 bits per heavy atom. The van der Waals surface area contributed by atoms with Crippen LogP contribution in [0.5, 0.6) is 0 Å². The molecule has 2 rings (SSSR count). The van der Waals surface area contributed by atoms with Crippen molar-refractivity contribution >= 4 is 23.4 Å². The molecule has 0 spiro atoms. The Hall–Kier alpha value is -1.21. The van der Waals surface area contributed by atoms with Gasteiger partial charge in [-0.2, -0.15) is 0 Å². The van der Waals surface area contributed by atoms with Crippen molar-refractivity contribution in [2.45, 2.75) is 39.5 Å². The lowest BCUT2D eigenvalue weighted by molar-refractivity contribution is 1.48. The first-order valence-corrected chi connectivity index (χ1v) is 6.90. The van der Waals surface area contributed by atoms with Crippen molar-refractivity contribution in [1.82, 2.24) is 0 Å². The summed E-state index contributed by atoms with van der Waals surface area (Å²) in [6.07, 6.45) is 0. The lowest BCUT2D eigenvalue weighted by Gasteiger charge is -1.99. The molecule has 0 bridgehead atoms. The molecule has 0 nitrogen and oxygen atoms in total. The first-order chi connectivity index (χ1) is 8.75. The Kier molecular flexibility index (Phi) is 13.0. The molecule has 0 aliphatic carbocycles. The summed E-state index contributed by atoms with van der Waals surface area (Å²) >= 11 is 4.29. The van der Waals surface area contributed by atoms with Crippen LogP contribution in [0.15, 0.2) is 54.5 Å². The minimum absolute atomic E-state index is 1.02. The first kappa shape index (κ1) is 19.1. The number of hydrogen-bond donors (Lipinski definition) is 1. The minimum Gasteiger partial charge on any atom is -0.143 e. The molecule has 0 aliphatic heterocycles. The number of rotatable bonds is 0. The maximum absolute atomic E-state index is 4.29. The molecule has 0 amide bonds. The van der Waals surface area contributed by atoms with E-state index >= 15 is 0 Å². The third-order valence-corrected chi connectivity index (χ3v) is 2.26. The molecule has 0 atom stereocenters. The van der Waals surface area contributed by atoms with E-state index in [-0.39, 0.29) is 0 Å². The van der Waals surface area contributed by atoms with Gasteiger partial charge in [0, 0.05) is 4.90 Å². The summed E-state index contributed by atoms with van der Waals surface area (Å²) in [6.45, 7) is 16.1. The van der Waals surface area contributed by atoms with Crippen LogP contribution < -0.4 is 0 Å². The molecule has 0 saturated carbocycles. The van der Waals surface area contributed by atoms with E-state index in [9.17, 15) is 0 Å². The van der Waals surface area contributed by atoms with E-state index in [1.165, 1.54) is 16.3 Å². The highest BCUT2D eigenvalue weighted by Crippen LogP contribution is 2.18. The van der Waals surface area contributed by atoms with Gasteiger partial charge >= 0.3 is 0 Å². The van der Waals surface area contributed by atoms with Crippen LogP contribution in [0, 0.1) is 6.92 Å². The average Bonchev–Trinajstić information content (AvgIpc) is 2.46. The van der Waals surface area contributed by atoms with Crippen molar-refractivity contribution in [3.8, 4) is 0 Å². The second-order valence-electron chi connectivity index (χ2n) is 3.03. The van der Waals surface area contributed by atoms with Gasteiger partial charge in [0.05, 0.1) is 0 Å². The molecule has 100 valence electrons. The van der Waals surface area contributed by atoms with E-state index in [1.54, 1.807) is 0 Å². The van der Waals surface area contributed by atoms with Crippen LogP contribution in [-0.2, 0) is 0 Å². The van der Waals surface area contributed by atoms with E-state index in [0.29, 0.717) is 0 Å². The Morgan fingerprint density at radius 1 is 0.778 bits per heavy atom. The van der Waals surface area contributed by atoms with E-state index < -0.39 is 0 Å². The predicted molar refractivity (Wildman–Crippen MR) is 89.9 cm³/mol. The maximum atomic E-state index is 4.29. The summed E-state index contributed by atoms with van der Waals surface area (Å²) in [5.74, 6) is 0. The summed E-state index contributed by atoms with van der Waals surface area (Å²) in [6, 6.07) is 12.6. The van der Waals surface area contributed by atoms with Crippen molar-refractivity contribution in [3.63, 3.8) is 0 Å². The molecule has 0 fully saturated rings. The molecule has 0 radical (unpaired) electrons. The molecule has 0 saturated heterocycles. The fraction of sp³-hybridized carbons (Fsp3) is 0.294. The Labute approximate surface area is 118 Å². The van der Waals surface area contributed by atoms with Gasteiger partial charge < -0.3 is 0 Å². The van der Waals surface area contributed by atoms with Gasteiger partial charge in [-0.1, -0.05) is 57.5 Å². The second-order valence-corrected chi connectivity index (χ2v) is 3.55. The van der Waals surface area contributed by atoms with E-state index in [0.717, 1.165) is 4.90 Å². The smallest absolute Gasteiger partial charge is 0.00463 e. The van der Waals surface area contributed by atoms with Crippen LogP contribution in [0.2, 0.25) is 0 Å². The van der Waals surface area contributed by atoms with E-state index in [2.05, 4.69) is 63.0 Å². The highest BCUT2D eigenvalue weighted by atomic mass is 32.1. The highest BCUT2D eigenvalue weighted by Gasteiger charge is 1.93. The highest BCUT2D eigenvalue weighted by molar-refractivity contribution is 7.80. The second kappa shape index (κ2) is 12.3. The van der Waals surface area contributed by atoms with Crippen molar-refractivity contribution in [2.24, 2.45) is 0 Å². The third-order valence-electron chi connectivity index (χ3n) is 1.98. The van der Waals surface area contributed by atoms with Crippen LogP contribution in [-0.4, -0.2) is 0 Å². The standard InChI is InChI=1S/C11H10S.2C2H6.C2H4/c1-8-2-3-10-7-11(12)5-4-9(10)6-8;3*1-2/h2-7,12H,1H3;2*1-2H3;1-2H2. The van der Waals surface area contributed by atoms with Crippen molar-refractivity contribution in [2.75, 3.05) is 0 Å². The lowest BCUT2D eigenvalue weighted by atomic mass is 10.1. The SMILES string of the molecule is C=C.CC.CC.Cc1ccc2cc(S)ccc2c1. The topological polar surface area (TPSA) is 0 Å². The zero-order valence-electron chi connectivity index (χ0n) is 12.3. The average molecular weight is 262 g/mol. The molecule has 1 heteroatoms. The molecule has 0 unspecified atom stereocenters. The van der Waals surface area contributed by atoms with Gasteiger partial charge in [-0.25, -0.2) is 0 Å². The minimum atomic E-state index is 1.02. The number of aryl methyl sites for hydroxylation is 1. The Balaban J connectivity index is 0. The Bertz CT molecular complexity index is 391. The van der Waals surface area contributed by atoms with Crippen LogP contribution in [0.1, 0.15) is 33.3 Å². The zero-order chi connectivity index (χ0) is 14.6. The Morgan fingerprint density at radius 2 is 1.22 bits per heavy atom. The fourth-order valence-electron chi connectivity index (χ4n) is 1.35. The molecule has 0 N–H and O–H groups in total. The zero-order valence-corrected chi connectivity index (χ0v) is 13.2. The summed E-state index contributed by atoms with van der Waals surface area (Å²) in [5.41, 5.74) is 1.30. The number of fused-ring (bicyclic) bond motifs is 1. The first-order valence-electron chi connectivity index (χ1n) is 6.45. The van der Waals surface area contributed by atoms with E-state index in [1.807, 2.05) is 33.8 Å². The lowest BCUT2D eigenvalue weighted by Crippen LogP contribution is -1.75. The summed E-state index contributed by atoms with van der Waals surface area (Å²) in [4.78, 5) is 1.02. The third kappa shape index (κ3) is 6.51. The van der Waals surface area contributed by atoms with Gasteiger partial charge in [0.15, 0.2) is 0 Å². The van der Waals surface area contributed by atoms with Crippen molar-refractivity contribution in [1.29, 1.82) is 0 Å². The summed E-state index contributed by atoms with van der Waals surface area (Å²) in [7, 11) is 0. The number of thiol groups is 1. The molecular formula is C17H26S. The van der Waals surface area contributed by atoms with Gasteiger partial charge in [-0.15, -0.1) is 25.8 Å². The number of hydrogen-bond acceptors (Lipinski definition) is 1. The van der Waals surface area contributed by atoms with Crippen LogP contribution in [0.4, 0.5) is 0 Å². The van der Waals surface area contributed by atoms with Gasteiger partial charge in [0.25, 0.3) is 0 Å². The molecule has 0 aromatic heterocycles. The van der Waals surface area contributed by atoms with Crippen molar-refractivity contribution < 1.29 is 0 Å². The number of benzene rings is 2. The maximum Gasteiger partial charge on any atom is 0.00463 e. The van der Waals surface area contributed by atoms with Crippen molar-refractivity contribution in [3.05, 3.63) is 55.1 Å². The van der Waals surface area contributed by atoms with Gasteiger partial charge in [0.2, 0.25) is 0 Å². The molecular weight excluding hydrogens is 236 g/mol. The molecule has 2 aromatic rings. The molecule has 0 aliphatic rings. The normalized spacial score (nSPS) is 7.89. The largest absolute Gasteiger partial charge is 0.143 e. The summed E-state index contributed by atoms with van der Waals surface area (Å²) < 4.78 is 0. The van der Waals surface area contributed by atoms with Gasteiger partial charge in [-0.3, -0.25) is 0 Å². The molecule has 0 heterocycles. The van der Waals surface area contributed by atoms with E-state index in [4.69, 9.17) is 0 Å². The summed E-state index contributed by atoms with van der Waals surface area (Å²) in [5, 5.41) is 2.54. The monoisotopic (exact) mass is 262 g/mol. The van der Waals surface area contributed by atoms with Crippen LogP contribution in [0.25, 0.3) is 10.8 Å².